The SMILES string of the molecule is OCCN(Cc1cccnc1)Cc1noc(-c2ccoc2)n1. The van der Waals surface area contributed by atoms with E-state index in [2.05, 4.69) is 15.1 Å². The van der Waals surface area contributed by atoms with E-state index in [1.54, 1.807) is 31.0 Å². The average molecular weight is 300 g/mol. The van der Waals surface area contributed by atoms with E-state index in [4.69, 9.17) is 8.94 Å². The van der Waals surface area contributed by atoms with Crippen molar-refractivity contribution in [2.45, 2.75) is 13.1 Å². The Kier molecular flexibility index (Phi) is 4.57. The number of furan rings is 1. The molecule has 0 saturated heterocycles. The van der Waals surface area contributed by atoms with Crippen LogP contribution >= 0.6 is 0 Å². The molecule has 0 radical (unpaired) electrons. The summed E-state index contributed by atoms with van der Waals surface area (Å²) in [4.78, 5) is 10.5. The molecule has 0 aliphatic carbocycles. The maximum absolute atomic E-state index is 9.21. The lowest BCUT2D eigenvalue weighted by atomic mass is 10.2. The van der Waals surface area contributed by atoms with Crippen LogP contribution in [-0.2, 0) is 13.1 Å². The van der Waals surface area contributed by atoms with Crippen molar-refractivity contribution in [2.24, 2.45) is 0 Å². The molecule has 0 aliphatic rings. The fraction of sp³-hybridized carbons (Fsp3) is 0.267. The first-order valence-corrected chi connectivity index (χ1v) is 6.92. The van der Waals surface area contributed by atoms with Crippen molar-refractivity contribution in [3.8, 4) is 11.5 Å². The molecule has 0 bridgehead atoms. The Balaban J connectivity index is 1.68. The Morgan fingerprint density at radius 3 is 2.91 bits per heavy atom. The molecule has 3 aromatic heterocycles. The molecule has 3 heterocycles. The van der Waals surface area contributed by atoms with Gasteiger partial charge in [0, 0.05) is 25.5 Å². The Morgan fingerprint density at radius 2 is 2.18 bits per heavy atom. The van der Waals surface area contributed by atoms with Crippen LogP contribution in [0.4, 0.5) is 0 Å². The van der Waals surface area contributed by atoms with Gasteiger partial charge in [-0.05, 0) is 17.7 Å². The number of pyridine rings is 1. The van der Waals surface area contributed by atoms with Gasteiger partial charge < -0.3 is 14.0 Å². The van der Waals surface area contributed by atoms with Gasteiger partial charge in [0.2, 0.25) is 0 Å². The summed E-state index contributed by atoms with van der Waals surface area (Å²) in [6, 6.07) is 5.64. The van der Waals surface area contributed by atoms with Crippen LogP contribution in [-0.4, -0.2) is 38.3 Å². The monoisotopic (exact) mass is 300 g/mol. The third-order valence-corrected chi connectivity index (χ3v) is 3.15. The maximum Gasteiger partial charge on any atom is 0.261 e. The lowest BCUT2D eigenvalue weighted by Crippen LogP contribution is -2.26. The Hall–Kier alpha value is -2.51. The quantitative estimate of drug-likeness (QED) is 0.710. The van der Waals surface area contributed by atoms with E-state index in [1.807, 2.05) is 17.0 Å². The zero-order valence-corrected chi connectivity index (χ0v) is 11.9. The van der Waals surface area contributed by atoms with Crippen LogP contribution in [0, 0.1) is 0 Å². The van der Waals surface area contributed by atoms with E-state index in [1.165, 1.54) is 0 Å². The van der Waals surface area contributed by atoms with Gasteiger partial charge in [-0.15, -0.1) is 0 Å². The van der Waals surface area contributed by atoms with E-state index in [0.717, 1.165) is 11.1 Å². The smallest absolute Gasteiger partial charge is 0.261 e. The molecule has 0 amide bonds. The Bertz CT molecular complexity index is 682. The summed E-state index contributed by atoms with van der Waals surface area (Å²) in [5, 5.41) is 13.2. The highest BCUT2D eigenvalue weighted by Crippen LogP contribution is 2.17. The third kappa shape index (κ3) is 3.57. The molecule has 7 heteroatoms. The average Bonchev–Trinajstić information content (AvgIpc) is 3.19. The van der Waals surface area contributed by atoms with E-state index < -0.39 is 0 Å². The molecule has 0 atom stereocenters. The highest BCUT2D eigenvalue weighted by atomic mass is 16.5. The molecule has 0 saturated carbocycles. The van der Waals surface area contributed by atoms with Crippen LogP contribution < -0.4 is 0 Å². The number of nitrogens with zero attached hydrogens (tertiary/aromatic N) is 4. The van der Waals surface area contributed by atoms with Crippen LogP contribution in [0.5, 0.6) is 0 Å². The second-order valence-corrected chi connectivity index (χ2v) is 4.82. The predicted octanol–water partition coefficient (Wildman–Crippen LogP) is 1.72. The molecule has 3 aromatic rings. The molecular formula is C15H16N4O3. The Labute approximate surface area is 127 Å². The van der Waals surface area contributed by atoms with Gasteiger partial charge in [0.25, 0.3) is 5.89 Å². The van der Waals surface area contributed by atoms with Crippen molar-refractivity contribution in [2.75, 3.05) is 13.2 Å². The molecule has 3 rings (SSSR count). The number of aliphatic hydroxyl groups excluding tert-OH is 1. The van der Waals surface area contributed by atoms with Gasteiger partial charge in [0.15, 0.2) is 5.82 Å². The summed E-state index contributed by atoms with van der Waals surface area (Å²) in [5.74, 6) is 0.989. The predicted molar refractivity (Wildman–Crippen MR) is 77.4 cm³/mol. The number of rotatable bonds is 7. The number of hydrogen-bond acceptors (Lipinski definition) is 7. The summed E-state index contributed by atoms with van der Waals surface area (Å²) < 4.78 is 10.2. The molecule has 0 aromatic carbocycles. The molecule has 0 fully saturated rings. The molecule has 0 unspecified atom stereocenters. The summed E-state index contributed by atoms with van der Waals surface area (Å²) >= 11 is 0. The van der Waals surface area contributed by atoms with Crippen molar-refractivity contribution < 1.29 is 14.0 Å². The zero-order chi connectivity index (χ0) is 15.2. The number of aromatic nitrogens is 3. The van der Waals surface area contributed by atoms with Crippen molar-refractivity contribution in [1.29, 1.82) is 0 Å². The molecule has 0 spiro atoms. The molecule has 0 aliphatic heterocycles. The van der Waals surface area contributed by atoms with Gasteiger partial charge in [0.1, 0.15) is 6.26 Å². The summed E-state index contributed by atoms with van der Waals surface area (Å²) in [7, 11) is 0. The third-order valence-electron chi connectivity index (χ3n) is 3.15. The second kappa shape index (κ2) is 6.97. The van der Waals surface area contributed by atoms with Gasteiger partial charge in [-0.25, -0.2) is 0 Å². The molecular weight excluding hydrogens is 284 g/mol. The lowest BCUT2D eigenvalue weighted by Gasteiger charge is -2.19. The van der Waals surface area contributed by atoms with E-state index >= 15 is 0 Å². The van der Waals surface area contributed by atoms with Gasteiger partial charge in [-0.1, -0.05) is 11.2 Å². The van der Waals surface area contributed by atoms with Crippen molar-refractivity contribution in [3.63, 3.8) is 0 Å². The largest absolute Gasteiger partial charge is 0.472 e. The van der Waals surface area contributed by atoms with Gasteiger partial charge in [0.05, 0.1) is 25.0 Å². The highest BCUT2D eigenvalue weighted by molar-refractivity contribution is 5.49. The molecule has 7 nitrogen and oxygen atoms in total. The van der Waals surface area contributed by atoms with Crippen molar-refractivity contribution in [3.05, 3.63) is 54.5 Å². The number of hydrogen-bond donors (Lipinski definition) is 1. The van der Waals surface area contributed by atoms with Crippen LogP contribution in [0.3, 0.4) is 0 Å². The minimum absolute atomic E-state index is 0.0622. The fourth-order valence-corrected chi connectivity index (χ4v) is 2.13. The normalized spacial score (nSPS) is 11.2. The van der Waals surface area contributed by atoms with E-state index in [9.17, 15) is 5.11 Å². The minimum atomic E-state index is 0.0622. The highest BCUT2D eigenvalue weighted by Gasteiger charge is 2.14. The van der Waals surface area contributed by atoms with Crippen LogP contribution in [0.1, 0.15) is 11.4 Å². The van der Waals surface area contributed by atoms with E-state index in [0.29, 0.717) is 31.3 Å². The van der Waals surface area contributed by atoms with Gasteiger partial charge in [-0.2, -0.15) is 4.98 Å². The van der Waals surface area contributed by atoms with Crippen LogP contribution in [0.25, 0.3) is 11.5 Å². The standard InChI is InChI=1S/C15H16N4O3/c20-6-5-19(9-12-2-1-4-16-8-12)10-14-17-15(22-18-14)13-3-7-21-11-13/h1-4,7-8,11,20H,5-6,9-10H2. The summed E-state index contributed by atoms with van der Waals surface area (Å²) in [6.07, 6.45) is 6.64. The Morgan fingerprint density at radius 1 is 1.23 bits per heavy atom. The summed E-state index contributed by atoms with van der Waals surface area (Å²) in [5.41, 5.74) is 1.81. The molecule has 22 heavy (non-hydrogen) atoms. The zero-order valence-electron chi connectivity index (χ0n) is 11.9. The number of aliphatic hydroxyl groups is 1. The fourth-order valence-electron chi connectivity index (χ4n) is 2.13. The second-order valence-electron chi connectivity index (χ2n) is 4.82. The van der Waals surface area contributed by atoms with Crippen molar-refractivity contribution >= 4 is 0 Å². The molecule has 1 N–H and O–H groups in total. The van der Waals surface area contributed by atoms with Gasteiger partial charge >= 0.3 is 0 Å². The first-order chi connectivity index (χ1) is 10.8. The lowest BCUT2D eigenvalue weighted by molar-refractivity contribution is 0.179. The first-order valence-electron chi connectivity index (χ1n) is 6.92. The van der Waals surface area contributed by atoms with Gasteiger partial charge in [-0.3, -0.25) is 9.88 Å². The maximum atomic E-state index is 9.21. The summed E-state index contributed by atoms with van der Waals surface area (Å²) in [6.45, 7) is 1.72. The van der Waals surface area contributed by atoms with Crippen LogP contribution in [0.2, 0.25) is 0 Å². The molecule has 114 valence electrons. The topological polar surface area (TPSA) is 88.4 Å². The minimum Gasteiger partial charge on any atom is -0.472 e. The first kappa shape index (κ1) is 14.4. The van der Waals surface area contributed by atoms with Crippen molar-refractivity contribution in [1.82, 2.24) is 20.0 Å². The van der Waals surface area contributed by atoms with E-state index in [-0.39, 0.29) is 6.61 Å². The van der Waals surface area contributed by atoms with Crippen LogP contribution in [0.15, 0.2) is 52.1 Å².